The highest BCUT2D eigenvalue weighted by molar-refractivity contribution is 5.39. The fraction of sp³-hybridized carbons (Fsp3) is 0.615. The van der Waals surface area contributed by atoms with Crippen molar-refractivity contribution in [3.05, 3.63) is 24.4 Å². The summed E-state index contributed by atoms with van der Waals surface area (Å²) >= 11 is 0. The van der Waals surface area contributed by atoms with Gasteiger partial charge in [0.25, 0.3) is 0 Å². The van der Waals surface area contributed by atoms with Crippen LogP contribution in [0.15, 0.2) is 24.4 Å². The Kier molecular flexibility index (Phi) is 2.99. The Morgan fingerprint density at radius 3 is 3.18 bits per heavy atom. The summed E-state index contributed by atoms with van der Waals surface area (Å²) in [6, 6.07) is 6.08. The van der Waals surface area contributed by atoms with Crippen LogP contribution in [0.2, 0.25) is 0 Å². The molecule has 2 saturated heterocycles. The first-order valence-corrected chi connectivity index (χ1v) is 6.39. The normalized spacial score (nSPS) is 29.5. The first-order chi connectivity index (χ1) is 8.38. The second-order valence-corrected chi connectivity index (χ2v) is 4.92. The Bertz CT molecular complexity index is 357. The minimum atomic E-state index is 0.00796. The monoisotopic (exact) mass is 233 g/mol. The fourth-order valence-electron chi connectivity index (χ4n) is 2.80. The fourth-order valence-corrected chi connectivity index (χ4v) is 2.80. The Morgan fingerprint density at radius 2 is 2.41 bits per heavy atom. The van der Waals surface area contributed by atoms with Crippen molar-refractivity contribution in [2.75, 3.05) is 37.7 Å². The zero-order chi connectivity index (χ0) is 11.6. The van der Waals surface area contributed by atoms with Gasteiger partial charge in [0.05, 0.1) is 12.2 Å². The highest BCUT2D eigenvalue weighted by Crippen LogP contribution is 2.28. The number of anilines is 1. The number of nitrogens with one attached hydrogen (secondary N) is 1. The molecule has 2 aliphatic heterocycles. The summed E-state index contributed by atoms with van der Waals surface area (Å²) < 4.78 is 6.03. The summed E-state index contributed by atoms with van der Waals surface area (Å²) in [7, 11) is 0. The highest BCUT2D eigenvalue weighted by atomic mass is 16.5. The van der Waals surface area contributed by atoms with Gasteiger partial charge in [-0.05, 0) is 25.0 Å². The van der Waals surface area contributed by atoms with Crippen molar-refractivity contribution < 1.29 is 4.74 Å². The molecule has 3 heterocycles. The largest absolute Gasteiger partial charge is 0.371 e. The summed E-state index contributed by atoms with van der Waals surface area (Å²) in [6.07, 6.45) is 4.19. The molecule has 0 radical (unpaired) electrons. The molecule has 0 amide bonds. The molecule has 1 spiro atoms. The summed E-state index contributed by atoms with van der Waals surface area (Å²) in [5, 5.41) is 3.45. The van der Waals surface area contributed by atoms with E-state index in [4.69, 9.17) is 4.74 Å². The third kappa shape index (κ3) is 2.28. The highest BCUT2D eigenvalue weighted by Gasteiger charge is 2.38. The number of ether oxygens (including phenoxy) is 1. The van der Waals surface area contributed by atoms with Gasteiger partial charge in [0.2, 0.25) is 0 Å². The number of aromatic nitrogens is 1. The van der Waals surface area contributed by atoms with E-state index in [-0.39, 0.29) is 5.60 Å². The molecule has 1 aromatic rings. The zero-order valence-electron chi connectivity index (χ0n) is 10.1. The molecule has 17 heavy (non-hydrogen) atoms. The standard InChI is InChI=1S/C13H19N3O/c1-2-6-15-12(4-1)16-8-3-5-13(11-16)10-14-7-9-17-13/h1-2,4,6,14H,3,5,7-11H2. The molecule has 1 aromatic heterocycles. The van der Waals surface area contributed by atoms with Crippen LogP contribution in [0.3, 0.4) is 0 Å². The topological polar surface area (TPSA) is 37.4 Å². The van der Waals surface area contributed by atoms with Crippen LogP contribution >= 0.6 is 0 Å². The second-order valence-electron chi connectivity index (χ2n) is 4.92. The molecule has 2 fully saturated rings. The van der Waals surface area contributed by atoms with Crippen molar-refractivity contribution in [1.29, 1.82) is 0 Å². The predicted octanol–water partition coefficient (Wildman–Crippen LogP) is 1.04. The molecule has 0 aromatic carbocycles. The molecule has 0 bridgehead atoms. The van der Waals surface area contributed by atoms with Gasteiger partial charge < -0.3 is 15.0 Å². The van der Waals surface area contributed by atoms with Gasteiger partial charge in [0.1, 0.15) is 5.82 Å². The Hall–Kier alpha value is -1.13. The number of piperidine rings is 1. The minimum Gasteiger partial charge on any atom is -0.371 e. The molecule has 92 valence electrons. The lowest BCUT2D eigenvalue weighted by Gasteiger charge is -2.45. The van der Waals surface area contributed by atoms with Crippen LogP contribution in [0.25, 0.3) is 0 Å². The van der Waals surface area contributed by atoms with E-state index < -0.39 is 0 Å². The van der Waals surface area contributed by atoms with E-state index in [2.05, 4.69) is 21.3 Å². The van der Waals surface area contributed by atoms with E-state index in [1.165, 1.54) is 6.42 Å². The lowest BCUT2D eigenvalue weighted by Crippen LogP contribution is -2.59. The molecular weight excluding hydrogens is 214 g/mol. The van der Waals surface area contributed by atoms with Crippen molar-refractivity contribution in [2.24, 2.45) is 0 Å². The third-order valence-electron chi connectivity index (χ3n) is 3.65. The number of nitrogens with zero attached hydrogens (tertiary/aromatic N) is 2. The maximum atomic E-state index is 6.03. The Morgan fingerprint density at radius 1 is 1.41 bits per heavy atom. The summed E-state index contributed by atoms with van der Waals surface area (Å²) in [6.45, 7) is 4.82. The summed E-state index contributed by atoms with van der Waals surface area (Å²) in [5.74, 6) is 1.07. The van der Waals surface area contributed by atoms with E-state index in [1.807, 2.05) is 18.3 Å². The molecule has 1 atom stereocenters. The molecule has 1 N–H and O–H groups in total. The third-order valence-corrected chi connectivity index (χ3v) is 3.65. The van der Waals surface area contributed by atoms with Gasteiger partial charge >= 0.3 is 0 Å². The first-order valence-electron chi connectivity index (χ1n) is 6.39. The summed E-state index contributed by atoms with van der Waals surface area (Å²) in [4.78, 5) is 6.77. The zero-order valence-corrected chi connectivity index (χ0v) is 10.1. The van der Waals surface area contributed by atoms with Gasteiger partial charge in [-0.2, -0.15) is 0 Å². The predicted molar refractivity (Wildman–Crippen MR) is 67.2 cm³/mol. The van der Waals surface area contributed by atoms with Crippen molar-refractivity contribution in [2.45, 2.75) is 18.4 Å². The average molecular weight is 233 g/mol. The molecule has 4 heteroatoms. The van der Waals surface area contributed by atoms with Crippen LogP contribution in [0.1, 0.15) is 12.8 Å². The van der Waals surface area contributed by atoms with Gasteiger partial charge in [-0.25, -0.2) is 4.98 Å². The number of hydrogen-bond donors (Lipinski definition) is 1. The number of pyridine rings is 1. The first kappa shape index (κ1) is 11.0. The van der Waals surface area contributed by atoms with E-state index >= 15 is 0 Å². The van der Waals surface area contributed by atoms with Crippen molar-refractivity contribution in [3.8, 4) is 0 Å². The average Bonchev–Trinajstić information content (AvgIpc) is 2.41. The van der Waals surface area contributed by atoms with E-state index in [0.29, 0.717) is 0 Å². The maximum absolute atomic E-state index is 6.03. The molecule has 0 aliphatic carbocycles. The van der Waals surface area contributed by atoms with Crippen molar-refractivity contribution >= 4 is 5.82 Å². The van der Waals surface area contributed by atoms with Crippen LogP contribution in [-0.4, -0.2) is 43.4 Å². The molecule has 2 aliphatic rings. The van der Waals surface area contributed by atoms with Gasteiger partial charge in [-0.15, -0.1) is 0 Å². The number of morpholine rings is 1. The van der Waals surface area contributed by atoms with Crippen LogP contribution in [0.4, 0.5) is 5.82 Å². The Balaban J connectivity index is 1.75. The SMILES string of the molecule is c1ccc(N2CCCC3(CNCCO3)C2)nc1. The lowest BCUT2D eigenvalue weighted by molar-refractivity contribution is -0.0726. The Labute approximate surface area is 102 Å². The van der Waals surface area contributed by atoms with Crippen molar-refractivity contribution in [1.82, 2.24) is 10.3 Å². The van der Waals surface area contributed by atoms with E-state index in [9.17, 15) is 0 Å². The number of rotatable bonds is 1. The van der Waals surface area contributed by atoms with E-state index in [1.54, 1.807) is 0 Å². The van der Waals surface area contributed by atoms with Gasteiger partial charge in [-0.3, -0.25) is 0 Å². The molecule has 1 unspecified atom stereocenters. The van der Waals surface area contributed by atoms with Crippen LogP contribution in [-0.2, 0) is 4.74 Å². The van der Waals surface area contributed by atoms with Crippen molar-refractivity contribution in [3.63, 3.8) is 0 Å². The molecule has 4 nitrogen and oxygen atoms in total. The quantitative estimate of drug-likeness (QED) is 0.786. The van der Waals surface area contributed by atoms with Crippen LogP contribution < -0.4 is 10.2 Å². The number of hydrogen-bond acceptors (Lipinski definition) is 4. The molecule has 3 rings (SSSR count). The lowest BCUT2D eigenvalue weighted by atomic mass is 9.91. The van der Waals surface area contributed by atoms with Gasteiger partial charge in [0, 0.05) is 32.4 Å². The van der Waals surface area contributed by atoms with Gasteiger partial charge in [0.15, 0.2) is 0 Å². The smallest absolute Gasteiger partial charge is 0.128 e. The minimum absolute atomic E-state index is 0.00796. The van der Waals surface area contributed by atoms with Crippen LogP contribution in [0, 0.1) is 0 Å². The molecular formula is C13H19N3O. The van der Waals surface area contributed by atoms with Gasteiger partial charge in [-0.1, -0.05) is 6.07 Å². The van der Waals surface area contributed by atoms with E-state index in [0.717, 1.165) is 45.0 Å². The van der Waals surface area contributed by atoms with Crippen LogP contribution in [0.5, 0.6) is 0 Å². The maximum Gasteiger partial charge on any atom is 0.128 e. The molecule has 0 saturated carbocycles. The summed E-state index contributed by atoms with van der Waals surface area (Å²) in [5.41, 5.74) is 0.00796. The second kappa shape index (κ2) is 4.63.